The zero-order chi connectivity index (χ0) is 13.3. The van der Waals surface area contributed by atoms with E-state index in [1.54, 1.807) is 6.92 Å². The van der Waals surface area contributed by atoms with E-state index in [2.05, 4.69) is 25.4 Å². The number of nitrogens with one attached hydrogen (secondary N) is 2. The van der Waals surface area contributed by atoms with Gasteiger partial charge in [-0.1, -0.05) is 0 Å². The van der Waals surface area contributed by atoms with Crippen molar-refractivity contribution < 1.29 is 8.42 Å². The van der Waals surface area contributed by atoms with E-state index in [-0.39, 0.29) is 17.3 Å². The van der Waals surface area contributed by atoms with Crippen LogP contribution in [-0.4, -0.2) is 45.1 Å². The van der Waals surface area contributed by atoms with Gasteiger partial charge in [-0.05, 0) is 6.92 Å². The standard InChI is InChI=1S/C8H13N7O2S/c1-5-11-7(13-12-5)4-15(2)18(16,17)6-3-10-14-8(6)9/h3H,4H2,1-2H3,(H3,9,10,14)(H,11,12,13). The van der Waals surface area contributed by atoms with E-state index in [1.807, 2.05) is 0 Å². The van der Waals surface area contributed by atoms with Gasteiger partial charge in [0.15, 0.2) is 5.82 Å². The monoisotopic (exact) mass is 271 g/mol. The topological polar surface area (TPSA) is 134 Å². The average Bonchev–Trinajstić information content (AvgIpc) is 2.87. The number of nitrogens with two attached hydrogens (primary N) is 1. The quantitative estimate of drug-likeness (QED) is 0.669. The molecule has 0 atom stereocenters. The number of H-pyrrole nitrogens is 2. The van der Waals surface area contributed by atoms with Gasteiger partial charge in [0.1, 0.15) is 16.5 Å². The summed E-state index contributed by atoms with van der Waals surface area (Å²) in [6, 6.07) is 0. The van der Waals surface area contributed by atoms with Crippen molar-refractivity contribution in [2.24, 2.45) is 0 Å². The van der Waals surface area contributed by atoms with Crippen LogP contribution in [0.4, 0.5) is 5.82 Å². The third kappa shape index (κ3) is 2.19. The lowest BCUT2D eigenvalue weighted by Crippen LogP contribution is -2.27. The van der Waals surface area contributed by atoms with Crippen molar-refractivity contribution in [1.82, 2.24) is 29.7 Å². The van der Waals surface area contributed by atoms with Crippen LogP contribution in [0.5, 0.6) is 0 Å². The molecule has 0 spiro atoms. The van der Waals surface area contributed by atoms with E-state index in [4.69, 9.17) is 5.73 Å². The summed E-state index contributed by atoms with van der Waals surface area (Å²) in [5.74, 6) is 1.02. The Morgan fingerprint density at radius 1 is 1.44 bits per heavy atom. The number of hydrogen-bond acceptors (Lipinski definition) is 6. The summed E-state index contributed by atoms with van der Waals surface area (Å²) in [4.78, 5) is 3.98. The van der Waals surface area contributed by atoms with Crippen LogP contribution in [0, 0.1) is 6.92 Å². The molecule has 0 aromatic carbocycles. The summed E-state index contributed by atoms with van der Waals surface area (Å²) in [5.41, 5.74) is 5.50. The maximum atomic E-state index is 12.1. The molecule has 2 aromatic heterocycles. The van der Waals surface area contributed by atoms with E-state index >= 15 is 0 Å². The Kier molecular flexibility index (Phi) is 3.05. The van der Waals surface area contributed by atoms with Crippen molar-refractivity contribution >= 4 is 15.8 Å². The van der Waals surface area contributed by atoms with Gasteiger partial charge in [0, 0.05) is 7.05 Å². The first-order chi connectivity index (χ1) is 8.41. The molecule has 9 nitrogen and oxygen atoms in total. The predicted molar refractivity (Wildman–Crippen MR) is 62.8 cm³/mol. The third-order valence-electron chi connectivity index (χ3n) is 2.33. The van der Waals surface area contributed by atoms with E-state index in [0.29, 0.717) is 11.6 Å². The van der Waals surface area contributed by atoms with Crippen LogP contribution in [-0.2, 0) is 16.6 Å². The number of aromatic nitrogens is 5. The van der Waals surface area contributed by atoms with Gasteiger partial charge in [-0.3, -0.25) is 10.2 Å². The van der Waals surface area contributed by atoms with E-state index < -0.39 is 10.0 Å². The second kappa shape index (κ2) is 4.38. The van der Waals surface area contributed by atoms with Crippen LogP contribution in [0.25, 0.3) is 0 Å². The largest absolute Gasteiger partial charge is 0.383 e. The fourth-order valence-electron chi connectivity index (χ4n) is 1.40. The molecule has 0 aliphatic carbocycles. The Morgan fingerprint density at radius 2 is 2.17 bits per heavy atom. The summed E-state index contributed by atoms with van der Waals surface area (Å²) in [7, 11) is -2.27. The summed E-state index contributed by atoms with van der Waals surface area (Å²) < 4.78 is 25.4. The second-order valence-corrected chi connectivity index (χ2v) is 5.76. The zero-order valence-corrected chi connectivity index (χ0v) is 10.7. The highest BCUT2D eigenvalue weighted by Gasteiger charge is 2.25. The van der Waals surface area contributed by atoms with E-state index in [1.165, 1.54) is 13.2 Å². The lowest BCUT2D eigenvalue weighted by atomic mass is 10.6. The van der Waals surface area contributed by atoms with Crippen LogP contribution in [0.15, 0.2) is 11.1 Å². The third-order valence-corrected chi connectivity index (χ3v) is 4.16. The number of anilines is 1. The molecule has 18 heavy (non-hydrogen) atoms. The average molecular weight is 271 g/mol. The molecular weight excluding hydrogens is 258 g/mol. The number of nitrogen functional groups attached to an aromatic ring is 1. The van der Waals surface area contributed by atoms with Crippen LogP contribution in [0.2, 0.25) is 0 Å². The number of hydrogen-bond donors (Lipinski definition) is 3. The zero-order valence-electron chi connectivity index (χ0n) is 9.88. The molecular formula is C8H13N7O2S. The lowest BCUT2D eigenvalue weighted by molar-refractivity contribution is 0.457. The Hall–Kier alpha value is -1.94. The van der Waals surface area contributed by atoms with Crippen molar-refractivity contribution in [1.29, 1.82) is 0 Å². The number of aromatic amines is 2. The molecule has 0 fully saturated rings. The first-order valence-corrected chi connectivity index (χ1v) is 6.48. The van der Waals surface area contributed by atoms with Gasteiger partial charge in [-0.25, -0.2) is 13.4 Å². The molecule has 2 aromatic rings. The van der Waals surface area contributed by atoms with E-state index in [0.717, 1.165) is 4.31 Å². The van der Waals surface area contributed by atoms with Crippen molar-refractivity contribution in [3.63, 3.8) is 0 Å². The highest BCUT2D eigenvalue weighted by Crippen LogP contribution is 2.19. The first kappa shape index (κ1) is 12.5. The van der Waals surface area contributed by atoms with Crippen LogP contribution >= 0.6 is 0 Å². The number of rotatable bonds is 4. The molecule has 0 radical (unpaired) electrons. The molecule has 4 N–H and O–H groups in total. The van der Waals surface area contributed by atoms with Gasteiger partial charge in [-0.2, -0.15) is 14.5 Å². The molecule has 10 heteroatoms. The second-order valence-electron chi connectivity index (χ2n) is 3.75. The molecule has 0 saturated heterocycles. The van der Waals surface area contributed by atoms with Crippen LogP contribution in [0.3, 0.4) is 0 Å². The first-order valence-electron chi connectivity index (χ1n) is 5.04. The summed E-state index contributed by atoms with van der Waals surface area (Å²) in [5, 5.41) is 12.5. The van der Waals surface area contributed by atoms with Crippen molar-refractivity contribution in [3.05, 3.63) is 17.8 Å². The van der Waals surface area contributed by atoms with Gasteiger partial charge in [0.25, 0.3) is 0 Å². The summed E-state index contributed by atoms with van der Waals surface area (Å²) in [6.07, 6.45) is 1.17. The number of nitrogens with zero attached hydrogens (tertiary/aromatic N) is 4. The number of aryl methyl sites for hydroxylation is 1. The highest BCUT2D eigenvalue weighted by molar-refractivity contribution is 7.89. The van der Waals surface area contributed by atoms with Gasteiger partial charge < -0.3 is 5.73 Å². The minimum absolute atomic E-state index is 0.00742. The minimum atomic E-state index is -3.69. The Balaban J connectivity index is 2.23. The predicted octanol–water partition coefficient (Wildman–Crippen LogP) is -0.761. The molecule has 0 aliphatic heterocycles. The molecule has 0 amide bonds. The molecule has 98 valence electrons. The van der Waals surface area contributed by atoms with E-state index in [9.17, 15) is 8.42 Å². The maximum Gasteiger partial charge on any atom is 0.248 e. The van der Waals surface area contributed by atoms with Crippen molar-refractivity contribution in [2.75, 3.05) is 12.8 Å². The molecule has 0 aliphatic rings. The highest BCUT2D eigenvalue weighted by atomic mass is 32.2. The van der Waals surface area contributed by atoms with Gasteiger partial charge in [0.05, 0.1) is 12.7 Å². The van der Waals surface area contributed by atoms with Crippen LogP contribution < -0.4 is 5.73 Å². The summed E-state index contributed by atoms with van der Waals surface area (Å²) in [6.45, 7) is 1.79. The maximum absolute atomic E-state index is 12.1. The van der Waals surface area contributed by atoms with Crippen molar-refractivity contribution in [3.8, 4) is 0 Å². The molecule has 0 saturated carbocycles. The van der Waals surface area contributed by atoms with Crippen LogP contribution in [0.1, 0.15) is 11.6 Å². The lowest BCUT2D eigenvalue weighted by Gasteiger charge is -2.14. The fraction of sp³-hybridized carbons (Fsp3) is 0.375. The molecule has 2 heterocycles. The molecule has 0 bridgehead atoms. The SMILES string of the molecule is Cc1nc(CN(C)S(=O)(=O)c2cn[nH]c2N)n[nH]1. The fourth-order valence-corrected chi connectivity index (χ4v) is 2.53. The molecule has 2 rings (SSSR count). The smallest absolute Gasteiger partial charge is 0.248 e. The Bertz CT molecular complexity index is 644. The summed E-state index contributed by atoms with van der Waals surface area (Å²) >= 11 is 0. The normalized spacial score (nSPS) is 12.2. The Labute approximate surface area is 103 Å². The Morgan fingerprint density at radius 3 is 2.67 bits per heavy atom. The van der Waals surface area contributed by atoms with Gasteiger partial charge in [-0.15, -0.1) is 0 Å². The number of sulfonamides is 1. The van der Waals surface area contributed by atoms with Crippen molar-refractivity contribution in [2.45, 2.75) is 18.4 Å². The van der Waals surface area contributed by atoms with Gasteiger partial charge >= 0.3 is 0 Å². The van der Waals surface area contributed by atoms with Gasteiger partial charge in [0.2, 0.25) is 10.0 Å². The molecule has 0 unspecified atom stereocenters. The minimum Gasteiger partial charge on any atom is -0.383 e.